The lowest BCUT2D eigenvalue weighted by molar-refractivity contribution is 0.500. The minimum absolute atomic E-state index is 0.380. The van der Waals surface area contributed by atoms with Gasteiger partial charge in [0, 0.05) is 15.4 Å². The molecule has 2 aromatic rings. The zero-order valence-corrected chi connectivity index (χ0v) is 14.7. The first-order chi connectivity index (χ1) is 9.70. The highest BCUT2D eigenvalue weighted by atomic mass is 79.9. The summed E-state index contributed by atoms with van der Waals surface area (Å²) in [4.78, 5) is 1.45. The van der Waals surface area contributed by atoms with Gasteiger partial charge in [0.05, 0.1) is 5.02 Å². The highest BCUT2D eigenvalue weighted by molar-refractivity contribution is 9.10. The van der Waals surface area contributed by atoms with Gasteiger partial charge in [-0.1, -0.05) is 30.7 Å². The molecule has 1 unspecified atom stereocenters. The molecule has 0 amide bonds. The average Bonchev–Trinajstić information content (AvgIpc) is 2.95. The third kappa shape index (κ3) is 4.59. The predicted molar refractivity (Wildman–Crippen MR) is 92.8 cm³/mol. The van der Waals surface area contributed by atoms with Crippen LogP contribution in [0.15, 0.2) is 40.2 Å². The Morgan fingerprint density at radius 3 is 2.85 bits per heavy atom. The summed E-state index contributed by atoms with van der Waals surface area (Å²) in [5.41, 5.74) is 1.30. The van der Waals surface area contributed by atoms with Crippen molar-refractivity contribution in [2.75, 3.05) is 6.54 Å². The van der Waals surface area contributed by atoms with Gasteiger partial charge in [-0.2, -0.15) is 0 Å². The van der Waals surface area contributed by atoms with Crippen LogP contribution in [0.3, 0.4) is 0 Å². The van der Waals surface area contributed by atoms with E-state index < -0.39 is 0 Å². The molecule has 1 nitrogen and oxygen atoms in total. The van der Waals surface area contributed by atoms with E-state index in [9.17, 15) is 0 Å². The molecule has 0 aliphatic heterocycles. The lowest BCUT2D eigenvalue weighted by Gasteiger charge is -2.19. The van der Waals surface area contributed by atoms with E-state index in [0.717, 1.165) is 35.3 Å². The molecule has 1 N–H and O–H groups in total. The third-order valence-corrected chi connectivity index (χ3v) is 5.40. The van der Waals surface area contributed by atoms with Crippen LogP contribution in [0.25, 0.3) is 0 Å². The Morgan fingerprint density at radius 2 is 2.20 bits per heavy atom. The second kappa shape index (κ2) is 8.18. The minimum Gasteiger partial charge on any atom is -0.310 e. The fraction of sp³-hybridized carbons (Fsp3) is 0.375. The molecule has 0 saturated carbocycles. The molecular formula is C16H19BrClNS. The summed E-state index contributed by atoms with van der Waals surface area (Å²) < 4.78 is 0.969. The smallest absolute Gasteiger partial charge is 0.0548 e. The standard InChI is InChI=1S/C16H19BrClNS/c1-2-9-19-16(8-6-13-4-3-10-20-13)12-5-7-15(18)14(17)11-12/h3-5,7,10-11,16,19H,2,6,8-9H2,1H3. The fourth-order valence-electron chi connectivity index (χ4n) is 2.18. The molecule has 2 rings (SSSR count). The summed E-state index contributed by atoms with van der Waals surface area (Å²) in [7, 11) is 0. The van der Waals surface area contributed by atoms with Crippen LogP contribution in [0.4, 0.5) is 0 Å². The van der Waals surface area contributed by atoms with Crippen LogP contribution in [0, 0.1) is 0 Å². The molecule has 0 radical (unpaired) electrons. The molecule has 108 valence electrons. The van der Waals surface area contributed by atoms with Gasteiger partial charge < -0.3 is 5.32 Å². The van der Waals surface area contributed by atoms with Crippen molar-refractivity contribution in [2.24, 2.45) is 0 Å². The van der Waals surface area contributed by atoms with Crippen molar-refractivity contribution >= 4 is 38.9 Å². The van der Waals surface area contributed by atoms with E-state index in [-0.39, 0.29) is 0 Å². The Kier molecular flexibility index (Phi) is 6.56. The summed E-state index contributed by atoms with van der Waals surface area (Å²) in [6.45, 7) is 3.23. The molecule has 1 heterocycles. The number of halogens is 2. The number of benzene rings is 1. The van der Waals surface area contributed by atoms with E-state index in [1.807, 2.05) is 17.4 Å². The molecular weight excluding hydrogens is 354 g/mol. The Balaban J connectivity index is 2.07. The molecule has 0 fully saturated rings. The highest BCUT2D eigenvalue weighted by Gasteiger charge is 2.12. The van der Waals surface area contributed by atoms with Crippen LogP contribution in [-0.2, 0) is 6.42 Å². The lowest BCUT2D eigenvalue weighted by Crippen LogP contribution is -2.22. The van der Waals surface area contributed by atoms with E-state index in [0.29, 0.717) is 6.04 Å². The second-order valence-corrected chi connectivity index (χ2v) is 7.09. The molecule has 1 aromatic carbocycles. The van der Waals surface area contributed by atoms with Crippen LogP contribution in [0.1, 0.15) is 36.2 Å². The molecule has 20 heavy (non-hydrogen) atoms. The van der Waals surface area contributed by atoms with Gasteiger partial charge in [0.25, 0.3) is 0 Å². The van der Waals surface area contributed by atoms with Crippen LogP contribution >= 0.6 is 38.9 Å². The van der Waals surface area contributed by atoms with Crippen molar-refractivity contribution in [2.45, 2.75) is 32.2 Å². The lowest BCUT2D eigenvalue weighted by atomic mass is 10.0. The zero-order chi connectivity index (χ0) is 14.4. The van der Waals surface area contributed by atoms with E-state index in [2.05, 4.69) is 57.8 Å². The van der Waals surface area contributed by atoms with Crippen molar-refractivity contribution in [3.8, 4) is 0 Å². The second-order valence-electron chi connectivity index (χ2n) is 4.80. The Bertz CT molecular complexity index is 527. The van der Waals surface area contributed by atoms with Crippen molar-refractivity contribution in [1.29, 1.82) is 0 Å². The molecule has 0 aliphatic rings. The zero-order valence-electron chi connectivity index (χ0n) is 11.5. The first-order valence-corrected chi connectivity index (χ1v) is 8.96. The van der Waals surface area contributed by atoms with E-state index in [4.69, 9.17) is 11.6 Å². The molecule has 1 atom stereocenters. The normalized spacial score (nSPS) is 12.6. The number of nitrogens with one attached hydrogen (secondary N) is 1. The van der Waals surface area contributed by atoms with Gasteiger partial charge >= 0.3 is 0 Å². The fourth-order valence-corrected chi connectivity index (χ4v) is 3.41. The number of rotatable bonds is 7. The molecule has 0 saturated heterocycles. The van der Waals surface area contributed by atoms with Gasteiger partial charge in [-0.25, -0.2) is 0 Å². The Morgan fingerprint density at radius 1 is 1.35 bits per heavy atom. The highest BCUT2D eigenvalue weighted by Crippen LogP contribution is 2.28. The third-order valence-electron chi connectivity index (χ3n) is 3.25. The monoisotopic (exact) mass is 371 g/mol. The van der Waals surface area contributed by atoms with Crippen LogP contribution in [0.5, 0.6) is 0 Å². The van der Waals surface area contributed by atoms with Gasteiger partial charge in [-0.05, 0) is 70.9 Å². The number of aryl methyl sites for hydroxylation is 1. The number of thiophene rings is 1. The van der Waals surface area contributed by atoms with Crippen molar-refractivity contribution in [1.82, 2.24) is 5.32 Å². The van der Waals surface area contributed by atoms with E-state index in [1.54, 1.807) is 0 Å². The maximum Gasteiger partial charge on any atom is 0.0548 e. The van der Waals surface area contributed by atoms with Crippen LogP contribution in [0.2, 0.25) is 5.02 Å². The van der Waals surface area contributed by atoms with E-state index in [1.165, 1.54) is 10.4 Å². The summed E-state index contributed by atoms with van der Waals surface area (Å²) in [5, 5.41) is 6.54. The number of hydrogen-bond donors (Lipinski definition) is 1. The minimum atomic E-state index is 0.380. The molecule has 0 bridgehead atoms. The van der Waals surface area contributed by atoms with Gasteiger partial charge in [0.2, 0.25) is 0 Å². The molecule has 1 aromatic heterocycles. The van der Waals surface area contributed by atoms with Crippen LogP contribution < -0.4 is 5.32 Å². The topological polar surface area (TPSA) is 12.0 Å². The van der Waals surface area contributed by atoms with E-state index >= 15 is 0 Å². The summed E-state index contributed by atoms with van der Waals surface area (Å²) in [6, 6.07) is 10.9. The molecule has 4 heteroatoms. The van der Waals surface area contributed by atoms with Gasteiger partial charge in [-0.3, -0.25) is 0 Å². The summed E-state index contributed by atoms with van der Waals surface area (Å²) in [6.07, 6.45) is 3.36. The van der Waals surface area contributed by atoms with Crippen LogP contribution in [-0.4, -0.2) is 6.54 Å². The van der Waals surface area contributed by atoms with Crippen molar-refractivity contribution in [3.63, 3.8) is 0 Å². The van der Waals surface area contributed by atoms with Gasteiger partial charge in [-0.15, -0.1) is 11.3 Å². The average molecular weight is 373 g/mol. The molecule has 0 spiro atoms. The number of hydrogen-bond acceptors (Lipinski definition) is 2. The summed E-state index contributed by atoms with van der Waals surface area (Å²) in [5.74, 6) is 0. The predicted octanol–water partition coefficient (Wildman–Crippen LogP) is 5.84. The Labute approximate surface area is 138 Å². The first kappa shape index (κ1) is 16.0. The maximum absolute atomic E-state index is 6.08. The first-order valence-electron chi connectivity index (χ1n) is 6.91. The maximum atomic E-state index is 6.08. The largest absolute Gasteiger partial charge is 0.310 e. The summed E-state index contributed by atoms with van der Waals surface area (Å²) >= 11 is 11.4. The molecule has 0 aliphatic carbocycles. The van der Waals surface area contributed by atoms with Crippen molar-refractivity contribution < 1.29 is 0 Å². The quantitative estimate of drug-likeness (QED) is 0.644. The SMILES string of the molecule is CCCNC(CCc1cccs1)c1ccc(Cl)c(Br)c1. The van der Waals surface area contributed by atoms with Crippen molar-refractivity contribution in [3.05, 3.63) is 55.6 Å². The van der Waals surface area contributed by atoms with Gasteiger partial charge in [0.15, 0.2) is 0 Å². The Hall–Kier alpha value is -0.350. The van der Waals surface area contributed by atoms with Gasteiger partial charge in [0.1, 0.15) is 0 Å².